The predicted molar refractivity (Wildman–Crippen MR) is 210 cm³/mol. The van der Waals surface area contributed by atoms with Gasteiger partial charge >= 0.3 is 11.9 Å². The van der Waals surface area contributed by atoms with Crippen molar-refractivity contribution in [2.24, 2.45) is 0 Å². The number of carbonyl (C=O) groups excluding carboxylic acids is 2. The maximum Gasteiger partial charge on any atom is 0.331 e. The molecule has 64 heavy (non-hydrogen) atoms. The van der Waals surface area contributed by atoms with Crippen LogP contribution in [0.3, 0.4) is 0 Å². The lowest BCUT2D eigenvalue weighted by molar-refractivity contribution is -0.408. The number of phenols is 2. The molecule has 11 N–H and O–H groups in total. The van der Waals surface area contributed by atoms with Crippen molar-refractivity contribution >= 4 is 24.1 Å². The molecule has 3 saturated heterocycles. The Morgan fingerprint density at radius 1 is 0.625 bits per heavy atom. The molecular formula is C40H52O24. The van der Waals surface area contributed by atoms with Gasteiger partial charge in [-0.2, -0.15) is 0 Å². The van der Waals surface area contributed by atoms with Gasteiger partial charge in [-0.15, -0.1) is 0 Å². The lowest BCUT2D eigenvalue weighted by Crippen LogP contribution is -2.66. The van der Waals surface area contributed by atoms with E-state index in [9.17, 15) is 65.8 Å². The Morgan fingerprint density at radius 3 is 1.59 bits per heavy atom. The molecule has 0 aromatic heterocycles. The van der Waals surface area contributed by atoms with Crippen LogP contribution >= 0.6 is 0 Å². The number of hydrogen-bond donors (Lipinski definition) is 11. The lowest BCUT2D eigenvalue weighted by Gasteiger charge is -2.47. The van der Waals surface area contributed by atoms with Gasteiger partial charge in [-0.05, 0) is 47.5 Å². The molecule has 0 saturated carbocycles. The summed E-state index contributed by atoms with van der Waals surface area (Å²) in [6.45, 7) is -3.92. The Hall–Kier alpha value is -4.90. The Morgan fingerprint density at radius 2 is 1.11 bits per heavy atom. The fourth-order valence-electron chi connectivity index (χ4n) is 6.95. The molecule has 3 aliphatic rings. The number of rotatable bonds is 18. The molecule has 0 bridgehead atoms. The fraction of sp³-hybridized carbons (Fsp3) is 0.550. The van der Waals surface area contributed by atoms with Crippen LogP contribution < -0.4 is 18.9 Å². The second-order valence-electron chi connectivity index (χ2n) is 14.4. The van der Waals surface area contributed by atoms with E-state index in [-0.39, 0.29) is 40.1 Å². The number of esters is 2. The van der Waals surface area contributed by atoms with E-state index in [1.54, 1.807) is 0 Å². The van der Waals surface area contributed by atoms with E-state index in [2.05, 4.69) is 0 Å². The number of aliphatic hydroxyl groups excluding tert-OH is 9. The molecule has 0 unspecified atom stereocenters. The molecule has 2 aromatic carbocycles. The molecule has 356 valence electrons. The highest BCUT2D eigenvalue weighted by Crippen LogP contribution is 2.41. The van der Waals surface area contributed by atoms with Gasteiger partial charge in [0.05, 0.1) is 41.7 Å². The SMILES string of the molecule is COc1cc(/C=C/C(=O)OC[C@H]2O[C@H](O[C@]3(CO)O[C@H](CO)[C@@H](O)[C@@H]3OC(=O)/C=C/c3cc(OC)c(O)c(OC)c3)[C@H](O[C@@H]3O[C@H](CO)[C@@H](O)[C@H](O)[C@H]3O)[C@@H](O)[C@@H]2O)cc(OC)c1O. The van der Waals surface area contributed by atoms with Crippen molar-refractivity contribution in [3.05, 3.63) is 47.5 Å². The van der Waals surface area contributed by atoms with Gasteiger partial charge in [0.2, 0.25) is 17.3 Å². The quantitative estimate of drug-likeness (QED) is 0.0508. The smallest absolute Gasteiger partial charge is 0.331 e. The Balaban J connectivity index is 1.43. The summed E-state index contributed by atoms with van der Waals surface area (Å²) in [7, 11) is 5.16. The van der Waals surface area contributed by atoms with Crippen molar-refractivity contribution in [1.82, 2.24) is 0 Å². The first-order valence-corrected chi connectivity index (χ1v) is 19.4. The molecular weight excluding hydrogens is 864 g/mol. The Bertz CT molecular complexity index is 1910. The van der Waals surface area contributed by atoms with E-state index in [1.807, 2.05) is 0 Å². The largest absolute Gasteiger partial charge is 0.502 e. The van der Waals surface area contributed by atoms with Crippen LogP contribution in [0.2, 0.25) is 0 Å². The average Bonchev–Trinajstić information content (AvgIpc) is 3.56. The summed E-state index contributed by atoms with van der Waals surface area (Å²) in [4.78, 5) is 26.1. The van der Waals surface area contributed by atoms with Crippen LogP contribution in [0.25, 0.3) is 12.2 Å². The number of methoxy groups -OCH3 is 4. The molecule has 2 aromatic rings. The van der Waals surface area contributed by atoms with Crippen LogP contribution in [0, 0.1) is 0 Å². The molecule has 14 atom stereocenters. The maximum atomic E-state index is 13.3. The van der Waals surface area contributed by atoms with Crippen molar-refractivity contribution < 1.29 is 118 Å². The number of benzene rings is 2. The fourth-order valence-corrected chi connectivity index (χ4v) is 6.95. The van der Waals surface area contributed by atoms with Crippen LogP contribution in [0.15, 0.2) is 36.4 Å². The predicted octanol–water partition coefficient (Wildman–Crippen LogP) is -3.60. The average molecular weight is 917 g/mol. The minimum atomic E-state index is -2.69. The summed E-state index contributed by atoms with van der Waals surface area (Å²) in [6.07, 6.45) is -20.7. The van der Waals surface area contributed by atoms with Gasteiger partial charge in [0.25, 0.3) is 0 Å². The molecule has 0 aliphatic carbocycles. The van der Waals surface area contributed by atoms with E-state index >= 15 is 0 Å². The van der Waals surface area contributed by atoms with Gasteiger partial charge in [-0.1, -0.05) is 0 Å². The third-order valence-electron chi connectivity index (χ3n) is 10.4. The molecule has 3 aliphatic heterocycles. The second kappa shape index (κ2) is 21.9. The summed E-state index contributed by atoms with van der Waals surface area (Å²) in [6, 6.07) is 5.47. The summed E-state index contributed by atoms with van der Waals surface area (Å²) in [5.41, 5.74) is 0.597. The van der Waals surface area contributed by atoms with Crippen LogP contribution in [-0.4, -0.2) is 208 Å². The topological polar surface area (TPSA) is 358 Å². The van der Waals surface area contributed by atoms with E-state index in [0.29, 0.717) is 5.56 Å². The number of carbonyl (C=O) groups is 2. The number of hydrogen-bond acceptors (Lipinski definition) is 24. The highest BCUT2D eigenvalue weighted by molar-refractivity contribution is 5.88. The number of phenolic OH excluding ortho intramolecular Hbond substituents is 2. The van der Waals surface area contributed by atoms with Crippen molar-refractivity contribution in [3.63, 3.8) is 0 Å². The van der Waals surface area contributed by atoms with Crippen molar-refractivity contribution in [1.29, 1.82) is 0 Å². The summed E-state index contributed by atoms with van der Waals surface area (Å²) in [5, 5.41) is 116. The molecule has 0 spiro atoms. The zero-order valence-electron chi connectivity index (χ0n) is 34.7. The molecule has 24 nitrogen and oxygen atoms in total. The minimum Gasteiger partial charge on any atom is -0.502 e. The molecule has 0 amide bonds. The molecule has 3 heterocycles. The first-order valence-electron chi connectivity index (χ1n) is 19.4. The Kier molecular flexibility index (Phi) is 17.1. The van der Waals surface area contributed by atoms with Gasteiger partial charge in [0, 0.05) is 12.2 Å². The number of ether oxygens (including phenoxy) is 11. The number of aliphatic hydroxyl groups is 9. The van der Waals surface area contributed by atoms with Crippen LogP contribution in [0.5, 0.6) is 34.5 Å². The molecule has 0 radical (unpaired) electrons. The first-order chi connectivity index (χ1) is 30.5. The zero-order chi connectivity index (χ0) is 47.0. The molecule has 3 fully saturated rings. The highest BCUT2D eigenvalue weighted by atomic mass is 16.8. The van der Waals surface area contributed by atoms with Crippen molar-refractivity contribution in [3.8, 4) is 34.5 Å². The third kappa shape index (κ3) is 10.8. The van der Waals surface area contributed by atoms with E-state index in [4.69, 9.17) is 52.1 Å². The summed E-state index contributed by atoms with van der Waals surface area (Å²) < 4.78 is 60.0. The van der Waals surface area contributed by atoms with Crippen molar-refractivity contribution in [2.75, 3.05) is 54.9 Å². The maximum absolute atomic E-state index is 13.3. The lowest BCUT2D eigenvalue weighted by atomic mass is 9.97. The van der Waals surface area contributed by atoms with Crippen LogP contribution in [-0.2, 0) is 42.7 Å². The van der Waals surface area contributed by atoms with Gasteiger partial charge < -0.3 is 108 Å². The summed E-state index contributed by atoms with van der Waals surface area (Å²) >= 11 is 0. The Labute approximate surface area is 364 Å². The van der Waals surface area contributed by atoms with Crippen molar-refractivity contribution in [2.45, 2.75) is 85.5 Å². The van der Waals surface area contributed by atoms with E-state index < -0.39 is 124 Å². The van der Waals surface area contributed by atoms with Crippen LogP contribution in [0.4, 0.5) is 0 Å². The zero-order valence-corrected chi connectivity index (χ0v) is 34.7. The van der Waals surface area contributed by atoms with Gasteiger partial charge in [-0.25, -0.2) is 9.59 Å². The van der Waals surface area contributed by atoms with E-state index in [0.717, 1.165) is 12.2 Å². The first kappa shape index (κ1) is 50.1. The van der Waals surface area contributed by atoms with Gasteiger partial charge in [-0.3, -0.25) is 0 Å². The third-order valence-corrected chi connectivity index (χ3v) is 10.4. The summed E-state index contributed by atoms with van der Waals surface area (Å²) in [5.74, 6) is -5.47. The van der Waals surface area contributed by atoms with Crippen LogP contribution in [0.1, 0.15) is 11.1 Å². The second-order valence-corrected chi connectivity index (χ2v) is 14.4. The highest BCUT2D eigenvalue weighted by Gasteiger charge is 2.61. The number of aromatic hydroxyl groups is 2. The van der Waals surface area contributed by atoms with Gasteiger partial charge in [0.1, 0.15) is 74.3 Å². The molecule has 24 heteroatoms. The molecule has 5 rings (SSSR count). The monoisotopic (exact) mass is 916 g/mol. The van der Waals surface area contributed by atoms with E-state index in [1.165, 1.54) is 64.9 Å². The van der Waals surface area contributed by atoms with Gasteiger partial charge in [0.15, 0.2) is 41.7 Å². The normalized spacial score (nSPS) is 33.0. The minimum absolute atomic E-state index is 0.00792. The standard InChI is InChI=1S/C40H52O24/c1-54-19-9-17(10-20(55-2)28(19)46)5-7-26(44)58-15-25-31(49)34(52)36(62-38-35(53)33(51)30(48)23(13-41)59-38)39(60-25)64-40(16-43)37(32(50)24(14-42)63-40)61-27(45)8-6-18-11-21(56-3)29(47)22(12-18)57-4/h5-12,23-25,30-39,41-43,46-53H,13-16H2,1-4H3/b7-5+,8-6+/t23-,24-,25-,30-,31-,32-,33+,34+,35-,36-,37+,38+,39-,40+/m1/s1.